The molecular weight excluding hydrogens is 240 g/mol. The average molecular weight is 264 g/mol. The lowest BCUT2D eigenvalue weighted by Crippen LogP contribution is -2.45. The number of nitrogens with one attached hydrogen (secondary N) is 1. The van der Waals surface area contributed by atoms with Gasteiger partial charge >= 0.3 is 0 Å². The molecule has 0 amide bonds. The standard InChI is InChI=1S/C14H24N4O/c1-17-7-9-18(10-8-17)6-5-16-14-11-12(19-2)3-4-13(14)15/h3-4,11,16H,5-10,15H2,1-2H3. The molecule has 5 heteroatoms. The van der Waals surface area contributed by atoms with Crippen molar-refractivity contribution in [1.29, 1.82) is 0 Å². The fraction of sp³-hybridized carbons (Fsp3) is 0.571. The molecule has 1 aromatic rings. The van der Waals surface area contributed by atoms with Crippen LogP contribution in [0, 0.1) is 0 Å². The minimum absolute atomic E-state index is 0.763. The summed E-state index contributed by atoms with van der Waals surface area (Å²) in [6.45, 7) is 6.55. The van der Waals surface area contributed by atoms with Crippen molar-refractivity contribution < 1.29 is 4.74 Å². The van der Waals surface area contributed by atoms with E-state index in [0.29, 0.717) is 0 Å². The van der Waals surface area contributed by atoms with Crippen molar-refractivity contribution in [3.63, 3.8) is 0 Å². The molecule has 2 rings (SSSR count). The molecule has 3 N–H and O–H groups in total. The fourth-order valence-electron chi connectivity index (χ4n) is 2.24. The topological polar surface area (TPSA) is 53.8 Å². The van der Waals surface area contributed by atoms with Gasteiger partial charge < -0.3 is 20.7 Å². The number of methoxy groups -OCH3 is 1. The highest BCUT2D eigenvalue weighted by atomic mass is 16.5. The van der Waals surface area contributed by atoms with E-state index in [-0.39, 0.29) is 0 Å². The third-order valence-corrected chi connectivity index (χ3v) is 3.60. The Kier molecular flexibility index (Phi) is 4.87. The molecular formula is C14H24N4O. The highest BCUT2D eigenvalue weighted by Gasteiger charge is 2.12. The van der Waals surface area contributed by atoms with Crippen LogP contribution in [0.15, 0.2) is 18.2 Å². The Bertz CT molecular complexity index is 402. The molecule has 1 saturated heterocycles. The molecule has 0 aromatic heterocycles. The first-order chi connectivity index (χ1) is 9.19. The Labute approximate surface area is 115 Å². The zero-order valence-corrected chi connectivity index (χ0v) is 11.9. The SMILES string of the molecule is COc1ccc(N)c(NCCN2CCN(C)CC2)c1. The second-order valence-electron chi connectivity index (χ2n) is 5.02. The monoisotopic (exact) mass is 264 g/mol. The first kappa shape index (κ1) is 14.0. The zero-order valence-electron chi connectivity index (χ0n) is 11.9. The molecule has 0 atom stereocenters. The van der Waals surface area contributed by atoms with Gasteiger partial charge in [0.05, 0.1) is 18.5 Å². The number of anilines is 2. The number of ether oxygens (including phenoxy) is 1. The lowest BCUT2D eigenvalue weighted by molar-refractivity contribution is 0.158. The van der Waals surface area contributed by atoms with E-state index in [2.05, 4.69) is 22.2 Å². The van der Waals surface area contributed by atoms with E-state index >= 15 is 0 Å². The van der Waals surface area contributed by atoms with Gasteiger partial charge in [-0.25, -0.2) is 0 Å². The van der Waals surface area contributed by atoms with Crippen molar-refractivity contribution in [2.75, 3.05) is 64.5 Å². The minimum Gasteiger partial charge on any atom is -0.497 e. The molecule has 19 heavy (non-hydrogen) atoms. The molecule has 0 unspecified atom stereocenters. The summed E-state index contributed by atoms with van der Waals surface area (Å²) in [4.78, 5) is 4.84. The third-order valence-electron chi connectivity index (χ3n) is 3.60. The number of piperazine rings is 1. The van der Waals surface area contributed by atoms with Crippen molar-refractivity contribution in [3.8, 4) is 5.75 Å². The third kappa shape index (κ3) is 4.01. The van der Waals surface area contributed by atoms with E-state index in [9.17, 15) is 0 Å². The molecule has 1 aliphatic rings. The van der Waals surface area contributed by atoms with Crippen LogP contribution < -0.4 is 15.8 Å². The molecule has 1 heterocycles. The first-order valence-corrected chi connectivity index (χ1v) is 6.77. The summed E-state index contributed by atoms with van der Waals surface area (Å²) in [7, 11) is 3.84. The van der Waals surface area contributed by atoms with E-state index in [1.807, 2.05) is 18.2 Å². The van der Waals surface area contributed by atoms with Crippen LogP contribution in [0.25, 0.3) is 0 Å². The Morgan fingerprint density at radius 3 is 2.68 bits per heavy atom. The number of nitrogens with zero attached hydrogens (tertiary/aromatic N) is 2. The number of nitrogens with two attached hydrogens (primary N) is 1. The van der Waals surface area contributed by atoms with Gasteiger partial charge in [0.15, 0.2) is 0 Å². The van der Waals surface area contributed by atoms with Gasteiger partial charge in [-0.2, -0.15) is 0 Å². The quantitative estimate of drug-likeness (QED) is 0.775. The van der Waals surface area contributed by atoms with Crippen molar-refractivity contribution >= 4 is 11.4 Å². The van der Waals surface area contributed by atoms with Gasteiger partial charge in [-0.3, -0.25) is 4.90 Å². The van der Waals surface area contributed by atoms with Crippen molar-refractivity contribution in [2.45, 2.75) is 0 Å². The maximum absolute atomic E-state index is 5.94. The first-order valence-electron chi connectivity index (χ1n) is 6.77. The maximum atomic E-state index is 5.94. The number of benzene rings is 1. The minimum atomic E-state index is 0.763. The maximum Gasteiger partial charge on any atom is 0.121 e. The van der Waals surface area contributed by atoms with Gasteiger partial charge in [0.2, 0.25) is 0 Å². The Balaban J connectivity index is 1.79. The number of likely N-dealkylation sites (N-methyl/N-ethyl adjacent to an activating group) is 1. The Morgan fingerprint density at radius 2 is 2.00 bits per heavy atom. The molecule has 0 bridgehead atoms. The smallest absolute Gasteiger partial charge is 0.121 e. The van der Waals surface area contributed by atoms with Gasteiger partial charge in [-0.15, -0.1) is 0 Å². The molecule has 1 fully saturated rings. The van der Waals surface area contributed by atoms with Crippen LogP contribution in [-0.4, -0.2) is 63.2 Å². The number of hydrogen-bond donors (Lipinski definition) is 2. The average Bonchev–Trinajstić information content (AvgIpc) is 2.43. The summed E-state index contributed by atoms with van der Waals surface area (Å²) in [6, 6.07) is 5.69. The highest BCUT2D eigenvalue weighted by molar-refractivity contribution is 5.68. The Morgan fingerprint density at radius 1 is 1.26 bits per heavy atom. The lowest BCUT2D eigenvalue weighted by atomic mass is 10.2. The second-order valence-corrected chi connectivity index (χ2v) is 5.02. The van der Waals surface area contributed by atoms with E-state index in [1.54, 1.807) is 7.11 Å². The van der Waals surface area contributed by atoms with Crippen LogP contribution in [0.1, 0.15) is 0 Å². The zero-order chi connectivity index (χ0) is 13.7. The summed E-state index contributed by atoms with van der Waals surface area (Å²) in [5.41, 5.74) is 7.66. The molecule has 1 aromatic carbocycles. The van der Waals surface area contributed by atoms with Gasteiger partial charge in [-0.1, -0.05) is 0 Å². The summed E-state index contributed by atoms with van der Waals surface area (Å²) in [5, 5.41) is 3.39. The van der Waals surface area contributed by atoms with E-state index < -0.39 is 0 Å². The fourth-order valence-corrected chi connectivity index (χ4v) is 2.24. The van der Waals surface area contributed by atoms with E-state index in [4.69, 9.17) is 10.5 Å². The molecule has 1 aliphatic heterocycles. The van der Waals surface area contributed by atoms with Crippen LogP contribution in [0.3, 0.4) is 0 Å². The molecule has 5 nitrogen and oxygen atoms in total. The second kappa shape index (κ2) is 6.63. The molecule has 106 valence electrons. The largest absolute Gasteiger partial charge is 0.497 e. The van der Waals surface area contributed by atoms with Gasteiger partial charge in [0.25, 0.3) is 0 Å². The number of rotatable bonds is 5. The van der Waals surface area contributed by atoms with Crippen LogP contribution in [0.4, 0.5) is 11.4 Å². The van der Waals surface area contributed by atoms with Crippen LogP contribution in [0.5, 0.6) is 5.75 Å². The lowest BCUT2D eigenvalue weighted by Gasteiger charge is -2.32. The van der Waals surface area contributed by atoms with Crippen LogP contribution in [0.2, 0.25) is 0 Å². The summed E-state index contributed by atoms with van der Waals surface area (Å²) >= 11 is 0. The predicted molar refractivity (Wildman–Crippen MR) is 79.8 cm³/mol. The number of nitrogen functional groups attached to an aromatic ring is 1. The summed E-state index contributed by atoms with van der Waals surface area (Å²) in [6.07, 6.45) is 0. The molecule has 0 radical (unpaired) electrons. The van der Waals surface area contributed by atoms with Gasteiger partial charge in [0.1, 0.15) is 5.75 Å². The summed E-state index contributed by atoms with van der Waals surface area (Å²) in [5.74, 6) is 0.830. The highest BCUT2D eigenvalue weighted by Crippen LogP contribution is 2.23. The van der Waals surface area contributed by atoms with Gasteiger partial charge in [0, 0.05) is 45.3 Å². The Hall–Kier alpha value is -1.46. The number of hydrogen-bond acceptors (Lipinski definition) is 5. The van der Waals surface area contributed by atoms with Crippen LogP contribution in [-0.2, 0) is 0 Å². The molecule has 0 aliphatic carbocycles. The van der Waals surface area contributed by atoms with Crippen molar-refractivity contribution in [3.05, 3.63) is 18.2 Å². The molecule has 0 saturated carbocycles. The molecule has 0 spiro atoms. The van der Waals surface area contributed by atoms with Crippen molar-refractivity contribution in [1.82, 2.24) is 9.80 Å². The normalized spacial score (nSPS) is 17.4. The predicted octanol–water partition coefficient (Wildman–Crippen LogP) is 0.937. The van der Waals surface area contributed by atoms with Crippen molar-refractivity contribution in [2.24, 2.45) is 0 Å². The van der Waals surface area contributed by atoms with E-state index in [1.165, 1.54) is 0 Å². The van der Waals surface area contributed by atoms with Crippen LogP contribution >= 0.6 is 0 Å². The van der Waals surface area contributed by atoms with E-state index in [0.717, 1.165) is 56.4 Å². The summed E-state index contributed by atoms with van der Waals surface area (Å²) < 4.78 is 5.21. The van der Waals surface area contributed by atoms with Gasteiger partial charge in [-0.05, 0) is 19.2 Å².